The maximum absolute atomic E-state index is 11.7. The minimum Gasteiger partial charge on any atom is -0.738 e. The van der Waals surface area contributed by atoms with Crippen LogP contribution in [0.15, 0.2) is 42.5 Å². The maximum Gasteiger partial charge on any atom is 0.305 e. The average molecular weight is 509 g/mol. The Balaban J connectivity index is 1.59. The van der Waals surface area contributed by atoms with Gasteiger partial charge in [-0.05, 0) is 81.6 Å². The van der Waals surface area contributed by atoms with Crippen LogP contribution in [0.25, 0.3) is 0 Å². The average Bonchev–Trinajstić information content (AvgIpc) is 3.12. The molecule has 9 nitrogen and oxygen atoms in total. The summed E-state index contributed by atoms with van der Waals surface area (Å²) in [6.07, 6.45) is 9.00. The first-order valence-corrected chi connectivity index (χ1v) is 13.0. The molecule has 1 saturated carbocycles. The smallest absolute Gasteiger partial charge is 0.305 e. The zero-order chi connectivity index (χ0) is 26.2. The topological polar surface area (TPSA) is 143 Å². The molecule has 0 heterocycles. The first kappa shape index (κ1) is 30.4. The third-order valence-corrected chi connectivity index (χ3v) is 6.79. The summed E-state index contributed by atoms with van der Waals surface area (Å²) in [4.78, 5) is 16.0. The number of carbonyl (C=O) groups is 1. The Hall–Kier alpha value is -1.85. The molecule has 0 bridgehead atoms. The minimum atomic E-state index is -0.589. The van der Waals surface area contributed by atoms with Gasteiger partial charge in [-0.25, -0.2) is 0 Å². The Morgan fingerprint density at radius 3 is 2.53 bits per heavy atom. The number of nitrogens with zero attached hydrogens (tertiary/aromatic N) is 1. The summed E-state index contributed by atoms with van der Waals surface area (Å²) in [7, 11) is 0. The summed E-state index contributed by atoms with van der Waals surface area (Å²) in [6.45, 7) is 0.303. The van der Waals surface area contributed by atoms with Crippen LogP contribution in [-0.4, -0.2) is 63.4 Å². The second-order valence-electron chi connectivity index (χ2n) is 9.55. The number of aliphatic hydroxyl groups is 3. The van der Waals surface area contributed by atoms with E-state index in [9.17, 15) is 25.3 Å². The lowest BCUT2D eigenvalue weighted by molar-refractivity contribution is -0.305. The van der Waals surface area contributed by atoms with E-state index >= 15 is 0 Å². The number of hydrogen-bond acceptors (Lipinski definition) is 9. The summed E-state index contributed by atoms with van der Waals surface area (Å²) in [5.74, 6) is -0.353. The number of esters is 1. The van der Waals surface area contributed by atoms with Crippen LogP contribution in [0.5, 0.6) is 0 Å². The van der Waals surface area contributed by atoms with Gasteiger partial charge >= 0.3 is 5.97 Å². The Morgan fingerprint density at radius 2 is 1.78 bits per heavy atom. The van der Waals surface area contributed by atoms with Crippen molar-refractivity contribution in [2.45, 2.75) is 88.9 Å². The van der Waals surface area contributed by atoms with E-state index in [1.165, 1.54) is 5.56 Å². The molecule has 2 rings (SSSR count). The van der Waals surface area contributed by atoms with Gasteiger partial charge in [-0.2, -0.15) is 0 Å². The number of aryl methyl sites for hydroxylation is 1. The van der Waals surface area contributed by atoms with E-state index in [1.54, 1.807) is 0 Å². The molecule has 204 valence electrons. The van der Waals surface area contributed by atoms with Crippen molar-refractivity contribution in [2.24, 2.45) is 11.8 Å². The molecular weight excluding hydrogens is 466 g/mol. The van der Waals surface area contributed by atoms with Crippen molar-refractivity contribution >= 4 is 5.97 Å². The summed E-state index contributed by atoms with van der Waals surface area (Å²) in [5, 5.41) is 49.1. The maximum atomic E-state index is 11.7. The van der Waals surface area contributed by atoms with Crippen molar-refractivity contribution in [3.8, 4) is 0 Å². The lowest BCUT2D eigenvalue weighted by atomic mass is 9.85. The Labute approximate surface area is 213 Å². The largest absolute Gasteiger partial charge is 0.738 e. The predicted molar refractivity (Wildman–Crippen MR) is 134 cm³/mol. The predicted octanol–water partition coefficient (Wildman–Crippen LogP) is 3.68. The van der Waals surface area contributed by atoms with Crippen molar-refractivity contribution in [1.29, 1.82) is 0 Å². The zero-order valence-corrected chi connectivity index (χ0v) is 21.0. The van der Waals surface area contributed by atoms with Gasteiger partial charge in [0, 0.05) is 6.42 Å². The van der Waals surface area contributed by atoms with Crippen molar-refractivity contribution < 1.29 is 34.9 Å². The molecule has 0 radical (unpaired) electrons. The summed E-state index contributed by atoms with van der Waals surface area (Å²) in [6, 6.07) is 10.1. The summed E-state index contributed by atoms with van der Waals surface area (Å²) < 4.78 is 5.11. The van der Waals surface area contributed by atoms with Crippen molar-refractivity contribution in [3.05, 3.63) is 53.3 Å². The van der Waals surface area contributed by atoms with Crippen LogP contribution < -0.4 is 0 Å². The standard InChI is InChI=1S/C27H42NO8/c29-22(15-14-21-10-4-3-5-11-21)16-17-24-23(25(30)20-26(24)31)12-6-1-2-7-13-27(32)35-18-8-9-19-36-28(33)34/h1,3-6,10-11,22-26,29-31,33H,2,7-9,12-20H2/q-1/b6-1-/t22-,23+,24+,25-,26+/m0/s1. The molecule has 0 spiro atoms. The fourth-order valence-electron chi connectivity index (χ4n) is 4.75. The molecule has 9 heteroatoms. The normalized spacial score (nSPS) is 22.9. The molecule has 0 saturated heterocycles. The number of hydrogen-bond donors (Lipinski definition) is 4. The molecule has 1 aromatic carbocycles. The van der Waals surface area contributed by atoms with Gasteiger partial charge < -0.3 is 30.5 Å². The first-order valence-electron chi connectivity index (χ1n) is 13.0. The minimum absolute atomic E-state index is 0.0361. The Bertz CT molecular complexity index is 745. The Morgan fingerprint density at radius 1 is 1.06 bits per heavy atom. The van der Waals surface area contributed by atoms with Crippen LogP contribution in [0, 0.1) is 17.0 Å². The molecule has 1 aliphatic rings. The lowest BCUT2D eigenvalue weighted by Gasteiger charge is -2.23. The van der Waals surface area contributed by atoms with Gasteiger partial charge in [-0.15, -0.1) is 5.39 Å². The van der Waals surface area contributed by atoms with Gasteiger partial charge in [-0.1, -0.05) is 42.5 Å². The molecule has 5 atom stereocenters. The number of ether oxygens (including phenoxy) is 1. The van der Waals surface area contributed by atoms with E-state index in [-0.39, 0.29) is 31.0 Å². The van der Waals surface area contributed by atoms with Crippen LogP contribution in [0.2, 0.25) is 0 Å². The molecule has 0 unspecified atom stereocenters. The number of rotatable bonds is 18. The van der Waals surface area contributed by atoms with Crippen LogP contribution >= 0.6 is 0 Å². The van der Waals surface area contributed by atoms with E-state index in [0.29, 0.717) is 64.2 Å². The van der Waals surface area contributed by atoms with E-state index in [1.807, 2.05) is 30.4 Å². The second-order valence-corrected chi connectivity index (χ2v) is 9.55. The van der Waals surface area contributed by atoms with Crippen molar-refractivity contribution in [1.82, 2.24) is 5.39 Å². The number of aliphatic hydroxyl groups excluding tert-OH is 3. The number of benzene rings is 1. The van der Waals surface area contributed by atoms with E-state index in [4.69, 9.17) is 9.94 Å². The molecule has 0 aliphatic heterocycles. The van der Waals surface area contributed by atoms with Gasteiger partial charge in [0.2, 0.25) is 0 Å². The summed E-state index contributed by atoms with van der Waals surface area (Å²) >= 11 is 0. The zero-order valence-electron chi connectivity index (χ0n) is 21.0. The first-order chi connectivity index (χ1) is 17.4. The quantitative estimate of drug-likeness (QED) is 0.101. The van der Waals surface area contributed by atoms with Crippen LogP contribution in [0.4, 0.5) is 0 Å². The fourth-order valence-corrected chi connectivity index (χ4v) is 4.75. The highest BCUT2D eigenvalue weighted by Gasteiger charge is 2.40. The monoisotopic (exact) mass is 508 g/mol. The SMILES string of the molecule is O=C(CCC/C=C\C[C@@H]1[C@@H](CC[C@@H](O)CCc2ccccc2)[C@H](O)C[C@@H]1O)OCCCCON([O-])O. The third kappa shape index (κ3) is 12.4. The van der Waals surface area contributed by atoms with Gasteiger partial charge in [0.25, 0.3) is 0 Å². The Kier molecular flexibility index (Phi) is 14.8. The lowest BCUT2D eigenvalue weighted by Crippen LogP contribution is -2.23. The van der Waals surface area contributed by atoms with Gasteiger partial charge in [0.1, 0.15) is 0 Å². The van der Waals surface area contributed by atoms with Crippen LogP contribution in [0.3, 0.4) is 0 Å². The highest BCUT2D eigenvalue weighted by atomic mass is 17.1. The van der Waals surface area contributed by atoms with Crippen molar-refractivity contribution in [3.63, 3.8) is 0 Å². The molecule has 36 heavy (non-hydrogen) atoms. The molecule has 1 aromatic rings. The molecule has 1 fully saturated rings. The molecular formula is C27H42NO8-. The third-order valence-electron chi connectivity index (χ3n) is 6.79. The van der Waals surface area contributed by atoms with Crippen LogP contribution in [0.1, 0.15) is 69.8 Å². The van der Waals surface area contributed by atoms with Crippen LogP contribution in [-0.2, 0) is 20.8 Å². The van der Waals surface area contributed by atoms with E-state index in [0.717, 1.165) is 6.42 Å². The molecule has 1 aliphatic carbocycles. The second kappa shape index (κ2) is 17.6. The highest BCUT2D eigenvalue weighted by molar-refractivity contribution is 5.69. The van der Waals surface area contributed by atoms with Gasteiger partial charge in [-0.3, -0.25) is 9.63 Å². The van der Waals surface area contributed by atoms with Gasteiger partial charge in [0.15, 0.2) is 0 Å². The number of carbonyl (C=O) groups excluding carboxylic acids is 1. The number of unbranched alkanes of at least 4 members (excludes halogenated alkanes) is 2. The van der Waals surface area contributed by atoms with E-state index < -0.39 is 23.7 Å². The molecule has 0 amide bonds. The fraction of sp³-hybridized carbons (Fsp3) is 0.667. The molecule has 4 N–H and O–H groups in total. The number of allylic oxidation sites excluding steroid dienone is 2. The van der Waals surface area contributed by atoms with Crippen molar-refractivity contribution in [2.75, 3.05) is 13.2 Å². The summed E-state index contributed by atoms with van der Waals surface area (Å²) in [5.41, 5.74) is 1.20. The van der Waals surface area contributed by atoms with Gasteiger partial charge in [0.05, 0.1) is 31.5 Å². The molecule has 0 aromatic heterocycles. The highest BCUT2D eigenvalue weighted by Crippen LogP contribution is 2.38. The van der Waals surface area contributed by atoms with E-state index in [2.05, 4.69) is 17.0 Å².